The fourth-order valence-corrected chi connectivity index (χ4v) is 1.81. The summed E-state index contributed by atoms with van der Waals surface area (Å²) >= 11 is 0. The van der Waals surface area contributed by atoms with E-state index in [9.17, 15) is 4.79 Å². The van der Waals surface area contributed by atoms with Gasteiger partial charge >= 0.3 is 5.97 Å². The molecule has 1 unspecified atom stereocenters. The Kier molecular flexibility index (Phi) is 6.19. The molecule has 0 saturated heterocycles. The van der Waals surface area contributed by atoms with Crippen molar-refractivity contribution in [1.29, 1.82) is 0 Å². The summed E-state index contributed by atoms with van der Waals surface area (Å²) in [6.07, 6.45) is 7.53. The van der Waals surface area contributed by atoms with Crippen LogP contribution in [0, 0.1) is 0 Å². The van der Waals surface area contributed by atoms with Gasteiger partial charge in [-0.15, -0.1) is 0 Å². The van der Waals surface area contributed by atoms with Crippen LogP contribution in [0.25, 0.3) is 0 Å². The van der Waals surface area contributed by atoms with Crippen LogP contribution < -0.4 is 5.32 Å². The van der Waals surface area contributed by atoms with Crippen molar-refractivity contribution >= 4 is 11.8 Å². The van der Waals surface area contributed by atoms with Crippen LogP contribution in [0.2, 0.25) is 0 Å². The van der Waals surface area contributed by atoms with E-state index in [-0.39, 0.29) is 5.56 Å². The lowest BCUT2D eigenvalue weighted by Crippen LogP contribution is -2.16. The highest BCUT2D eigenvalue weighted by Gasteiger charge is 2.05. The number of carbonyl (C=O) groups is 1. The molecule has 1 heterocycles. The van der Waals surface area contributed by atoms with Gasteiger partial charge in [-0.1, -0.05) is 32.6 Å². The summed E-state index contributed by atoms with van der Waals surface area (Å²) in [6, 6.07) is 3.65. The van der Waals surface area contributed by atoms with Gasteiger partial charge in [0.2, 0.25) is 0 Å². The topological polar surface area (TPSA) is 62.2 Å². The smallest absolute Gasteiger partial charge is 0.337 e. The average Bonchev–Trinajstić information content (AvgIpc) is 2.35. The van der Waals surface area contributed by atoms with Gasteiger partial charge in [-0.05, 0) is 25.5 Å². The third-order valence-corrected chi connectivity index (χ3v) is 2.90. The molecule has 0 aliphatic heterocycles. The molecule has 4 heteroatoms. The van der Waals surface area contributed by atoms with E-state index in [2.05, 4.69) is 24.1 Å². The lowest BCUT2D eigenvalue weighted by molar-refractivity contribution is 0.0696. The van der Waals surface area contributed by atoms with Crippen LogP contribution in [0.3, 0.4) is 0 Å². The van der Waals surface area contributed by atoms with Crippen molar-refractivity contribution in [2.75, 3.05) is 5.32 Å². The van der Waals surface area contributed by atoms with E-state index < -0.39 is 5.97 Å². The van der Waals surface area contributed by atoms with Crippen LogP contribution in [-0.4, -0.2) is 22.1 Å². The minimum Gasteiger partial charge on any atom is -0.478 e. The highest BCUT2D eigenvalue weighted by Crippen LogP contribution is 2.11. The number of rotatable bonds is 8. The highest BCUT2D eigenvalue weighted by atomic mass is 16.4. The Morgan fingerprint density at radius 1 is 1.39 bits per heavy atom. The molecule has 1 aromatic rings. The molecule has 18 heavy (non-hydrogen) atoms. The van der Waals surface area contributed by atoms with Gasteiger partial charge in [0.15, 0.2) is 0 Å². The first kappa shape index (κ1) is 14.5. The fraction of sp³-hybridized carbons (Fsp3) is 0.571. The van der Waals surface area contributed by atoms with Gasteiger partial charge < -0.3 is 10.4 Å². The van der Waals surface area contributed by atoms with Gasteiger partial charge in [-0.25, -0.2) is 9.78 Å². The molecule has 0 aliphatic rings. The van der Waals surface area contributed by atoms with E-state index in [0.717, 1.165) is 12.2 Å². The molecule has 0 radical (unpaired) electrons. The molecule has 1 atom stereocenters. The van der Waals surface area contributed by atoms with Crippen molar-refractivity contribution in [1.82, 2.24) is 4.98 Å². The number of nitrogens with one attached hydrogen (secondary N) is 1. The first-order valence-corrected chi connectivity index (χ1v) is 6.59. The number of pyridine rings is 1. The first-order valence-electron chi connectivity index (χ1n) is 6.59. The molecule has 0 aliphatic carbocycles. The molecule has 1 rings (SSSR count). The number of hydrogen-bond donors (Lipinski definition) is 2. The van der Waals surface area contributed by atoms with Crippen LogP contribution in [-0.2, 0) is 0 Å². The number of unbranched alkanes of at least 4 members (excludes halogenated alkanes) is 3. The molecule has 0 aromatic carbocycles. The van der Waals surface area contributed by atoms with Crippen LogP contribution in [0.1, 0.15) is 56.3 Å². The van der Waals surface area contributed by atoms with Crippen molar-refractivity contribution in [3.05, 3.63) is 23.9 Å². The van der Waals surface area contributed by atoms with Gasteiger partial charge in [0.1, 0.15) is 5.82 Å². The van der Waals surface area contributed by atoms with Gasteiger partial charge in [-0.3, -0.25) is 0 Å². The van der Waals surface area contributed by atoms with Gasteiger partial charge in [0.05, 0.1) is 5.56 Å². The predicted molar refractivity (Wildman–Crippen MR) is 73.0 cm³/mol. The van der Waals surface area contributed by atoms with Crippen LogP contribution in [0.15, 0.2) is 18.3 Å². The van der Waals surface area contributed by atoms with E-state index in [1.54, 1.807) is 12.1 Å². The van der Waals surface area contributed by atoms with Gasteiger partial charge in [0.25, 0.3) is 0 Å². The second-order valence-corrected chi connectivity index (χ2v) is 4.63. The van der Waals surface area contributed by atoms with Crippen LogP contribution in [0.5, 0.6) is 0 Å². The third kappa shape index (κ3) is 5.17. The third-order valence-electron chi connectivity index (χ3n) is 2.90. The lowest BCUT2D eigenvalue weighted by Gasteiger charge is -2.14. The van der Waals surface area contributed by atoms with Gasteiger partial charge in [-0.2, -0.15) is 0 Å². The van der Waals surface area contributed by atoms with Crippen LogP contribution >= 0.6 is 0 Å². The maximum Gasteiger partial charge on any atom is 0.337 e. The maximum atomic E-state index is 10.7. The van der Waals surface area contributed by atoms with Crippen molar-refractivity contribution in [3.63, 3.8) is 0 Å². The summed E-state index contributed by atoms with van der Waals surface area (Å²) in [5, 5.41) is 12.0. The number of hydrogen-bond acceptors (Lipinski definition) is 3. The molecule has 100 valence electrons. The Hall–Kier alpha value is -1.58. The predicted octanol–water partition coefficient (Wildman–Crippen LogP) is 3.55. The Labute approximate surface area is 108 Å². The zero-order valence-corrected chi connectivity index (χ0v) is 11.1. The Balaban J connectivity index is 2.35. The lowest BCUT2D eigenvalue weighted by atomic mass is 10.1. The van der Waals surface area contributed by atoms with E-state index in [1.807, 2.05) is 0 Å². The van der Waals surface area contributed by atoms with E-state index in [4.69, 9.17) is 5.11 Å². The van der Waals surface area contributed by atoms with Crippen molar-refractivity contribution < 1.29 is 9.90 Å². The molecule has 1 aromatic heterocycles. The van der Waals surface area contributed by atoms with Crippen molar-refractivity contribution in [2.45, 2.75) is 52.0 Å². The average molecular weight is 250 g/mol. The number of anilines is 1. The highest BCUT2D eigenvalue weighted by molar-refractivity contribution is 5.87. The molecular formula is C14H22N2O2. The van der Waals surface area contributed by atoms with Crippen LogP contribution in [0.4, 0.5) is 5.82 Å². The van der Waals surface area contributed by atoms with Crippen molar-refractivity contribution in [2.24, 2.45) is 0 Å². The summed E-state index contributed by atoms with van der Waals surface area (Å²) in [6.45, 7) is 4.33. The zero-order chi connectivity index (χ0) is 13.4. The Morgan fingerprint density at radius 3 is 2.72 bits per heavy atom. The molecule has 0 fully saturated rings. The molecular weight excluding hydrogens is 228 g/mol. The normalized spacial score (nSPS) is 12.1. The second-order valence-electron chi connectivity index (χ2n) is 4.63. The molecule has 0 bridgehead atoms. The number of aromatic carboxylic acids is 1. The monoisotopic (exact) mass is 250 g/mol. The summed E-state index contributed by atoms with van der Waals surface area (Å²) in [4.78, 5) is 14.8. The maximum absolute atomic E-state index is 10.7. The largest absolute Gasteiger partial charge is 0.478 e. The standard InChI is InChI=1S/C14H22N2O2/c1-3-4-5-6-7-11(2)16-13-9-8-12(10-15-13)14(17)18/h8-11H,3-7H2,1-2H3,(H,15,16)(H,17,18). The summed E-state index contributed by atoms with van der Waals surface area (Å²) < 4.78 is 0. The van der Waals surface area contributed by atoms with E-state index >= 15 is 0 Å². The SMILES string of the molecule is CCCCCCC(C)Nc1ccc(C(=O)O)cn1. The molecule has 0 saturated carbocycles. The first-order chi connectivity index (χ1) is 8.63. The number of nitrogens with zero attached hydrogens (tertiary/aromatic N) is 1. The number of carboxylic acids is 1. The second kappa shape index (κ2) is 7.69. The minimum atomic E-state index is -0.943. The Bertz CT molecular complexity index is 363. The summed E-state index contributed by atoms with van der Waals surface area (Å²) in [5.41, 5.74) is 0.219. The van der Waals surface area contributed by atoms with Crippen molar-refractivity contribution in [3.8, 4) is 0 Å². The fourth-order valence-electron chi connectivity index (χ4n) is 1.81. The number of aromatic nitrogens is 1. The minimum absolute atomic E-state index is 0.219. The molecule has 2 N–H and O–H groups in total. The zero-order valence-electron chi connectivity index (χ0n) is 11.1. The molecule has 4 nitrogen and oxygen atoms in total. The number of carboxylic acid groups (broad SMARTS) is 1. The van der Waals surface area contributed by atoms with Gasteiger partial charge in [0, 0.05) is 12.2 Å². The Morgan fingerprint density at radius 2 is 2.17 bits per heavy atom. The summed E-state index contributed by atoms with van der Waals surface area (Å²) in [7, 11) is 0. The summed E-state index contributed by atoms with van der Waals surface area (Å²) in [5.74, 6) is -0.204. The molecule has 0 amide bonds. The van der Waals surface area contributed by atoms with E-state index in [1.165, 1.54) is 31.9 Å². The quantitative estimate of drug-likeness (QED) is 0.693. The molecule has 0 spiro atoms. The van der Waals surface area contributed by atoms with E-state index in [0.29, 0.717) is 6.04 Å².